The molecule has 1 aliphatic rings. The maximum atomic E-state index is 5.40. The highest BCUT2D eigenvalue weighted by Gasteiger charge is 2.15. The number of para-hydroxylation sites is 1. The molecule has 1 fully saturated rings. The first kappa shape index (κ1) is 11.8. The first-order valence-corrected chi connectivity index (χ1v) is 7.28. The molecule has 2 aromatic rings. The van der Waals surface area contributed by atoms with Gasteiger partial charge in [0.05, 0.1) is 0 Å². The summed E-state index contributed by atoms with van der Waals surface area (Å²) in [5.41, 5.74) is 2.55. The number of anilines is 1. The van der Waals surface area contributed by atoms with E-state index in [1.165, 1.54) is 16.1 Å². The standard InChI is InChI=1S/C15H17NOS/c1-2-5-14(16-12-7-9-17-10-8-12)13(4-1)15-6-3-11-18-15/h1-6,11-12,16H,7-10H2. The minimum Gasteiger partial charge on any atom is -0.382 e. The van der Waals surface area contributed by atoms with Gasteiger partial charge in [-0.1, -0.05) is 24.3 Å². The molecule has 0 amide bonds. The molecule has 1 saturated heterocycles. The lowest BCUT2D eigenvalue weighted by Crippen LogP contribution is -2.27. The highest BCUT2D eigenvalue weighted by molar-refractivity contribution is 7.13. The van der Waals surface area contributed by atoms with E-state index in [1.807, 2.05) is 0 Å². The van der Waals surface area contributed by atoms with Crippen molar-refractivity contribution < 1.29 is 4.74 Å². The van der Waals surface area contributed by atoms with Gasteiger partial charge >= 0.3 is 0 Å². The van der Waals surface area contributed by atoms with Gasteiger partial charge in [-0.2, -0.15) is 0 Å². The zero-order valence-electron chi connectivity index (χ0n) is 10.3. The Labute approximate surface area is 112 Å². The Morgan fingerprint density at radius 3 is 2.67 bits per heavy atom. The van der Waals surface area contributed by atoms with Crippen molar-refractivity contribution in [3.05, 3.63) is 41.8 Å². The number of benzene rings is 1. The third kappa shape index (κ3) is 2.57. The third-order valence-corrected chi connectivity index (χ3v) is 4.20. The molecule has 0 bridgehead atoms. The normalized spacial score (nSPS) is 16.7. The van der Waals surface area contributed by atoms with Gasteiger partial charge in [-0.05, 0) is 30.4 Å². The van der Waals surface area contributed by atoms with Crippen LogP contribution in [0.5, 0.6) is 0 Å². The molecular weight excluding hydrogens is 242 g/mol. The van der Waals surface area contributed by atoms with E-state index in [1.54, 1.807) is 11.3 Å². The van der Waals surface area contributed by atoms with Crippen LogP contribution in [0.2, 0.25) is 0 Å². The summed E-state index contributed by atoms with van der Waals surface area (Å²) in [6.45, 7) is 1.75. The summed E-state index contributed by atoms with van der Waals surface area (Å²) in [4.78, 5) is 1.32. The fourth-order valence-electron chi connectivity index (χ4n) is 2.32. The molecule has 3 heteroatoms. The van der Waals surface area contributed by atoms with Gasteiger partial charge in [-0.25, -0.2) is 0 Å². The number of thiophene rings is 1. The molecule has 1 aliphatic heterocycles. The molecule has 18 heavy (non-hydrogen) atoms. The quantitative estimate of drug-likeness (QED) is 0.899. The number of rotatable bonds is 3. The first-order valence-electron chi connectivity index (χ1n) is 6.41. The van der Waals surface area contributed by atoms with Crippen molar-refractivity contribution in [3.8, 4) is 10.4 Å². The van der Waals surface area contributed by atoms with Crippen molar-refractivity contribution >= 4 is 17.0 Å². The highest BCUT2D eigenvalue weighted by atomic mass is 32.1. The van der Waals surface area contributed by atoms with Crippen LogP contribution in [0.25, 0.3) is 10.4 Å². The zero-order chi connectivity index (χ0) is 12.2. The summed E-state index contributed by atoms with van der Waals surface area (Å²) in [6.07, 6.45) is 2.19. The predicted octanol–water partition coefficient (Wildman–Crippen LogP) is 4.01. The number of ether oxygens (including phenoxy) is 1. The van der Waals surface area contributed by atoms with Gasteiger partial charge in [0.2, 0.25) is 0 Å². The molecule has 1 aromatic carbocycles. The van der Waals surface area contributed by atoms with E-state index in [2.05, 4.69) is 47.1 Å². The van der Waals surface area contributed by atoms with Crippen molar-refractivity contribution in [2.45, 2.75) is 18.9 Å². The monoisotopic (exact) mass is 259 g/mol. The Kier molecular flexibility index (Phi) is 3.62. The van der Waals surface area contributed by atoms with E-state index in [4.69, 9.17) is 4.74 Å². The Morgan fingerprint density at radius 2 is 1.89 bits per heavy atom. The summed E-state index contributed by atoms with van der Waals surface area (Å²) in [6, 6.07) is 13.4. The minimum absolute atomic E-state index is 0.542. The highest BCUT2D eigenvalue weighted by Crippen LogP contribution is 2.32. The van der Waals surface area contributed by atoms with Crippen LogP contribution in [0, 0.1) is 0 Å². The molecule has 0 radical (unpaired) electrons. The molecule has 0 spiro atoms. The van der Waals surface area contributed by atoms with E-state index < -0.39 is 0 Å². The van der Waals surface area contributed by atoms with Crippen molar-refractivity contribution in [1.82, 2.24) is 0 Å². The van der Waals surface area contributed by atoms with Gasteiger partial charge in [-0.15, -0.1) is 11.3 Å². The Morgan fingerprint density at radius 1 is 1.06 bits per heavy atom. The van der Waals surface area contributed by atoms with Gasteiger partial charge in [0.15, 0.2) is 0 Å². The molecule has 0 saturated carbocycles. The minimum atomic E-state index is 0.542. The summed E-state index contributed by atoms with van der Waals surface area (Å²) >= 11 is 1.79. The molecular formula is C15H17NOS. The van der Waals surface area contributed by atoms with Crippen molar-refractivity contribution in [2.24, 2.45) is 0 Å². The van der Waals surface area contributed by atoms with Crippen LogP contribution >= 0.6 is 11.3 Å². The number of hydrogen-bond acceptors (Lipinski definition) is 3. The smallest absolute Gasteiger partial charge is 0.0485 e. The van der Waals surface area contributed by atoms with E-state index >= 15 is 0 Å². The molecule has 3 rings (SSSR count). The summed E-state index contributed by atoms with van der Waals surface area (Å²) in [5, 5.41) is 5.79. The predicted molar refractivity (Wildman–Crippen MR) is 77.2 cm³/mol. The average Bonchev–Trinajstić information content (AvgIpc) is 2.94. The lowest BCUT2D eigenvalue weighted by Gasteiger charge is -2.25. The van der Waals surface area contributed by atoms with Gasteiger partial charge in [0, 0.05) is 35.4 Å². The van der Waals surface area contributed by atoms with Gasteiger partial charge in [-0.3, -0.25) is 0 Å². The largest absolute Gasteiger partial charge is 0.382 e. The van der Waals surface area contributed by atoms with Crippen molar-refractivity contribution in [2.75, 3.05) is 18.5 Å². The zero-order valence-corrected chi connectivity index (χ0v) is 11.1. The van der Waals surface area contributed by atoms with E-state index in [-0.39, 0.29) is 0 Å². The van der Waals surface area contributed by atoms with Crippen LogP contribution in [0.15, 0.2) is 41.8 Å². The maximum absolute atomic E-state index is 5.40. The molecule has 1 N–H and O–H groups in total. The van der Waals surface area contributed by atoms with Crippen LogP contribution in [-0.2, 0) is 4.74 Å². The Hall–Kier alpha value is -1.32. The average molecular weight is 259 g/mol. The molecule has 2 nitrogen and oxygen atoms in total. The first-order chi connectivity index (χ1) is 8.93. The molecule has 1 aromatic heterocycles. The molecule has 0 atom stereocenters. The van der Waals surface area contributed by atoms with E-state index in [0.29, 0.717) is 6.04 Å². The fraction of sp³-hybridized carbons (Fsp3) is 0.333. The fourth-order valence-corrected chi connectivity index (χ4v) is 3.08. The van der Waals surface area contributed by atoms with Crippen LogP contribution in [0.3, 0.4) is 0 Å². The van der Waals surface area contributed by atoms with Crippen LogP contribution in [-0.4, -0.2) is 19.3 Å². The maximum Gasteiger partial charge on any atom is 0.0485 e. The van der Waals surface area contributed by atoms with Crippen LogP contribution < -0.4 is 5.32 Å². The van der Waals surface area contributed by atoms with Crippen LogP contribution in [0.4, 0.5) is 5.69 Å². The Bertz CT molecular complexity index is 489. The number of nitrogens with one attached hydrogen (secondary N) is 1. The second-order valence-electron chi connectivity index (χ2n) is 4.55. The molecule has 94 valence electrons. The number of hydrogen-bond donors (Lipinski definition) is 1. The van der Waals surface area contributed by atoms with Gasteiger partial charge in [0.1, 0.15) is 0 Å². The summed E-state index contributed by atoms with van der Waals surface area (Å²) in [5.74, 6) is 0. The third-order valence-electron chi connectivity index (χ3n) is 3.29. The lowest BCUT2D eigenvalue weighted by molar-refractivity contribution is 0.0904. The second kappa shape index (κ2) is 5.55. The Balaban J connectivity index is 1.83. The molecule has 0 aliphatic carbocycles. The summed E-state index contributed by atoms with van der Waals surface area (Å²) < 4.78 is 5.40. The van der Waals surface area contributed by atoms with Crippen LogP contribution in [0.1, 0.15) is 12.8 Å². The van der Waals surface area contributed by atoms with E-state index in [0.717, 1.165) is 26.1 Å². The SMILES string of the molecule is c1csc(-c2ccccc2NC2CCOCC2)c1. The summed E-state index contributed by atoms with van der Waals surface area (Å²) in [7, 11) is 0. The van der Waals surface area contributed by atoms with E-state index in [9.17, 15) is 0 Å². The van der Waals surface area contributed by atoms with Gasteiger partial charge < -0.3 is 10.1 Å². The second-order valence-corrected chi connectivity index (χ2v) is 5.50. The lowest BCUT2D eigenvalue weighted by atomic mass is 10.1. The van der Waals surface area contributed by atoms with Crippen molar-refractivity contribution in [3.63, 3.8) is 0 Å². The molecule has 0 unspecified atom stereocenters. The van der Waals surface area contributed by atoms with Crippen molar-refractivity contribution in [1.29, 1.82) is 0 Å². The van der Waals surface area contributed by atoms with Gasteiger partial charge in [0.25, 0.3) is 0 Å². The molecule has 2 heterocycles. The topological polar surface area (TPSA) is 21.3 Å².